The summed E-state index contributed by atoms with van der Waals surface area (Å²) in [4.78, 5) is 16.7. The van der Waals surface area contributed by atoms with E-state index in [9.17, 15) is 4.79 Å². The molecular weight excluding hydrogens is 256 g/mol. The molecule has 2 heterocycles. The van der Waals surface area contributed by atoms with Crippen LogP contribution in [0.5, 0.6) is 0 Å². The minimum Gasteiger partial charge on any atom is -0.383 e. The number of nitrogens with zero attached hydrogens (tertiary/aromatic N) is 4. The molecule has 1 aromatic rings. The molecule has 0 aliphatic carbocycles. The molecule has 1 fully saturated rings. The highest BCUT2D eigenvalue weighted by Crippen LogP contribution is 2.07. The van der Waals surface area contributed by atoms with Gasteiger partial charge in [0, 0.05) is 39.5 Å². The first-order valence-corrected chi connectivity index (χ1v) is 7.28. The van der Waals surface area contributed by atoms with E-state index in [4.69, 9.17) is 4.74 Å². The highest BCUT2D eigenvalue weighted by atomic mass is 16.5. The number of carbonyl (C=O) groups excluding carboxylic acids is 1. The Morgan fingerprint density at radius 1 is 1.30 bits per heavy atom. The molecular formula is C14H24N4O2. The highest BCUT2D eigenvalue weighted by Gasteiger charge is 2.23. The van der Waals surface area contributed by atoms with Gasteiger partial charge in [0.05, 0.1) is 13.2 Å². The first-order valence-electron chi connectivity index (χ1n) is 7.28. The molecule has 0 radical (unpaired) electrons. The smallest absolute Gasteiger partial charge is 0.274 e. The Morgan fingerprint density at radius 2 is 2.05 bits per heavy atom. The molecule has 1 aliphatic heterocycles. The lowest BCUT2D eigenvalue weighted by Gasteiger charge is -2.34. The molecule has 112 valence electrons. The van der Waals surface area contributed by atoms with Gasteiger partial charge in [0.15, 0.2) is 0 Å². The Hall–Kier alpha value is -1.40. The van der Waals surface area contributed by atoms with Crippen molar-refractivity contribution < 1.29 is 9.53 Å². The Labute approximate surface area is 120 Å². The Morgan fingerprint density at radius 3 is 2.70 bits per heavy atom. The zero-order valence-electron chi connectivity index (χ0n) is 12.4. The van der Waals surface area contributed by atoms with E-state index in [0.29, 0.717) is 18.8 Å². The van der Waals surface area contributed by atoms with Crippen LogP contribution in [-0.2, 0) is 11.3 Å². The molecule has 1 aliphatic rings. The van der Waals surface area contributed by atoms with Gasteiger partial charge in [-0.15, -0.1) is 0 Å². The molecule has 0 atom stereocenters. The molecule has 0 bridgehead atoms. The summed E-state index contributed by atoms with van der Waals surface area (Å²) in [5.41, 5.74) is 0.532. The number of piperazine rings is 1. The van der Waals surface area contributed by atoms with E-state index in [2.05, 4.69) is 16.9 Å². The predicted octanol–water partition coefficient (Wildman–Crippen LogP) is 0.697. The van der Waals surface area contributed by atoms with Crippen molar-refractivity contribution in [3.8, 4) is 0 Å². The summed E-state index contributed by atoms with van der Waals surface area (Å²) < 4.78 is 6.76. The van der Waals surface area contributed by atoms with E-state index in [1.54, 1.807) is 17.9 Å². The lowest BCUT2D eigenvalue weighted by Crippen LogP contribution is -2.48. The van der Waals surface area contributed by atoms with Crippen LogP contribution in [-0.4, -0.2) is 71.9 Å². The second kappa shape index (κ2) is 7.40. The van der Waals surface area contributed by atoms with Crippen LogP contribution >= 0.6 is 0 Å². The third-order valence-corrected chi connectivity index (χ3v) is 3.58. The molecule has 1 saturated heterocycles. The van der Waals surface area contributed by atoms with Gasteiger partial charge in [-0.3, -0.25) is 14.4 Å². The Balaban J connectivity index is 1.87. The maximum Gasteiger partial charge on any atom is 0.274 e. The Bertz CT molecular complexity index is 425. The number of methoxy groups -OCH3 is 1. The normalized spacial score (nSPS) is 16.6. The van der Waals surface area contributed by atoms with E-state index >= 15 is 0 Å². The summed E-state index contributed by atoms with van der Waals surface area (Å²) in [6, 6.07) is 1.79. The molecule has 0 aromatic carbocycles. The third kappa shape index (κ3) is 3.80. The molecule has 20 heavy (non-hydrogen) atoms. The van der Waals surface area contributed by atoms with Crippen LogP contribution in [0.25, 0.3) is 0 Å². The van der Waals surface area contributed by atoms with Crippen molar-refractivity contribution in [3.63, 3.8) is 0 Å². The van der Waals surface area contributed by atoms with E-state index in [-0.39, 0.29) is 5.91 Å². The minimum atomic E-state index is 0.0392. The van der Waals surface area contributed by atoms with Crippen molar-refractivity contribution in [1.82, 2.24) is 19.6 Å². The molecule has 0 unspecified atom stereocenters. The number of carbonyl (C=O) groups is 1. The molecule has 1 amide bonds. The van der Waals surface area contributed by atoms with Gasteiger partial charge in [0.1, 0.15) is 5.69 Å². The maximum absolute atomic E-state index is 12.4. The van der Waals surface area contributed by atoms with E-state index in [1.807, 2.05) is 11.1 Å². The summed E-state index contributed by atoms with van der Waals surface area (Å²) in [5.74, 6) is 0.0392. The van der Waals surface area contributed by atoms with E-state index in [0.717, 1.165) is 39.1 Å². The van der Waals surface area contributed by atoms with Crippen LogP contribution in [0.15, 0.2) is 12.3 Å². The zero-order valence-corrected chi connectivity index (χ0v) is 12.4. The van der Waals surface area contributed by atoms with Gasteiger partial charge in [0.25, 0.3) is 5.91 Å². The summed E-state index contributed by atoms with van der Waals surface area (Å²) in [5, 5.41) is 4.31. The SMILES string of the molecule is CCCN1CCN(C(=O)c2ccn(CCOC)n2)CC1. The first kappa shape index (κ1) is 15.0. The summed E-state index contributed by atoms with van der Waals surface area (Å²) in [7, 11) is 1.66. The first-order chi connectivity index (χ1) is 9.74. The molecule has 0 N–H and O–H groups in total. The standard InChI is InChI=1S/C14H24N4O2/c1-3-5-16-7-9-17(10-8-16)14(19)13-4-6-18(15-13)11-12-20-2/h4,6H,3,5,7-12H2,1-2H3. The minimum absolute atomic E-state index is 0.0392. The van der Waals surface area contributed by atoms with E-state index < -0.39 is 0 Å². The number of hydrogen-bond donors (Lipinski definition) is 0. The van der Waals surface area contributed by atoms with Crippen molar-refractivity contribution in [2.24, 2.45) is 0 Å². The molecule has 2 rings (SSSR count). The third-order valence-electron chi connectivity index (χ3n) is 3.58. The van der Waals surface area contributed by atoms with Crippen molar-refractivity contribution in [3.05, 3.63) is 18.0 Å². The topological polar surface area (TPSA) is 50.6 Å². The Kier molecular flexibility index (Phi) is 5.55. The van der Waals surface area contributed by atoms with Gasteiger partial charge in [0.2, 0.25) is 0 Å². The van der Waals surface area contributed by atoms with Crippen molar-refractivity contribution in [2.75, 3.05) is 46.4 Å². The number of aromatic nitrogens is 2. The maximum atomic E-state index is 12.4. The van der Waals surface area contributed by atoms with Crippen LogP contribution in [0.3, 0.4) is 0 Å². The lowest BCUT2D eigenvalue weighted by molar-refractivity contribution is 0.0630. The zero-order chi connectivity index (χ0) is 14.4. The largest absolute Gasteiger partial charge is 0.383 e. The number of amides is 1. The van der Waals surface area contributed by atoms with Crippen LogP contribution in [0.2, 0.25) is 0 Å². The second-order valence-corrected chi connectivity index (χ2v) is 5.09. The van der Waals surface area contributed by atoms with Gasteiger partial charge in [-0.1, -0.05) is 6.92 Å². The highest BCUT2D eigenvalue weighted by molar-refractivity contribution is 5.92. The molecule has 0 saturated carbocycles. The van der Waals surface area contributed by atoms with Crippen LogP contribution in [0, 0.1) is 0 Å². The predicted molar refractivity (Wildman–Crippen MR) is 76.7 cm³/mol. The fourth-order valence-corrected chi connectivity index (χ4v) is 2.44. The number of hydrogen-bond acceptors (Lipinski definition) is 4. The quantitative estimate of drug-likeness (QED) is 0.769. The van der Waals surface area contributed by atoms with Gasteiger partial charge < -0.3 is 9.64 Å². The fraction of sp³-hybridized carbons (Fsp3) is 0.714. The van der Waals surface area contributed by atoms with Gasteiger partial charge in [-0.05, 0) is 19.0 Å². The van der Waals surface area contributed by atoms with E-state index in [1.165, 1.54) is 0 Å². The second-order valence-electron chi connectivity index (χ2n) is 5.09. The molecule has 1 aromatic heterocycles. The van der Waals surface area contributed by atoms with Gasteiger partial charge in [-0.25, -0.2) is 0 Å². The molecule has 0 spiro atoms. The van der Waals surface area contributed by atoms with Crippen LogP contribution < -0.4 is 0 Å². The summed E-state index contributed by atoms with van der Waals surface area (Å²) in [6.45, 7) is 8.10. The lowest BCUT2D eigenvalue weighted by atomic mass is 10.2. The number of rotatable bonds is 6. The van der Waals surface area contributed by atoms with Crippen LogP contribution in [0.1, 0.15) is 23.8 Å². The summed E-state index contributed by atoms with van der Waals surface area (Å²) >= 11 is 0. The van der Waals surface area contributed by atoms with Crippen molar-refractivity contribution in [2.45, 2.75) is 19.9 Å². The van der Waals surface area contributed by atoms with Crippen molar-refractivity contribution >= 4 is 5.91 Å². The fourth-order valence-electron chi connectivity index (χ4n) is 2.44. The van der Waals surface area contributed by atoms with Crippen molar-refractivity contribution in [1.29, 1.82) is 0 Å². The van der Waals surface area contributed by atoms with Gasteiger partial charge >= 0.3 is 0 Å². The average molecular weight is 280 g/mol. The number of ether oxygens (including phenoxy) is 1. The summed E-state index contributed by atoms with van der Waals surface area (Å²) in [6.07, 6.45) is 3.00. The van der Waals surface area contributed by atoms with Gasteiger partial charge in [-0.2, -0.15) is 5.10 Å². The monoisotopic (exact) mass is 280 g/mol. The molecule has 6 nitrogen and oxygen atoms in total. The van der Waals surface area contributed by atoms with Crippen LogP contribution in [0.4, 0.5) is 0 Å². The molecule has 6 heteroatoms. The average Bonchev–Trinajstić information content (AvgIpc) is 2.94.